The largest absolute Gasteiger partial charge is 0.506 e. The Hall–Kier alpha value is -2.01. The number of aromatic hydroxyl groups is 1. The van der Waals surface area contributed by atoms with Crippen LogP contribution in [-0.4, -0.2) is 72.6 Å². The summed E-state index contributed by atoms with van der Waals surface area (Å²) in [4.78, 5) is 14.5. The van der Waals surface area contributed by atoms with Crippen LogP contribution in [0.25, 0.3) is 0 Å². The van der Waals surface area contributed by atoms with Crippen LogP contribution >= 0.6 is 31.9 Å². The first kappa shape index (κ1) is 40.4. The predicted molar refractivity (Wildman–Crippen MR) is 203 cm³/mol. The summed E-state index contributed by atoms with van der Waals surface area (Å²) in [6, 6.07) is 13.0. The number of aliphatic hydroxyl groups is 1. The van der Waals surface area contributed by atoms with Crippen molar-refractivity contribution in [2.24, 2.45) is 23.7 Å². The molecule has 2 aliphatic carbocycles. The van der Waals surface area contributed by atoms with E-state index < -0.39 is 6.29 Å². The molecule has 270 valence electrons. The van der Waals surface area contributed by atoms with E-state index in [1.807, 2.05) is 25.1 Å². The van der Waals surface area contributed by atoms with E-state index in [-0.39, 0.29) is 17.8 Å². The number of phenolic OH excluding ortho intramolecular Hbond substituents is 1. The summed E-state index contributed by atoms with van der Waals surface area (Å²) in [5.41, 5.74) is 4.43. The maximum Gasteiger partial charge on any atom is 0.313 e. The van der Waals surface area contributed by atoms with E-state index in [0.29, 0.717) is 31.0 Å². The van der Waals surface area contributed by atoms with Crippen LogP contribution in [0.4, 0.5) is 11.4 Å². The molecule has 2 unspecified atom stereocenters. The van der Waals surface area contributed by atoms with Gasteiger partial charge in [0.05, 0.1) is 18.5 Å². The molecule has 2 fully saturated rings. The number of carbonyl (C=O) groups is 1. The van der Waals surface area contributed by atoms with Crippen LogP contribution < -0.4 is 15.0 Å². The van der Waals surface area contributed by atoms with E-state index in [4.69, 9.17) is 14.6 Å². The lowest BCUT2D eigenvalue weighted by molar-refractivity contribution is -0.146. The second kappa shape index (κ2) is 20.6. The number of rotatable bonds is 8. The average Bonchev–Trinajstić information content (AvgIpc) is 3.28. The lowest BCUT2D eigenvalue weighted by atomic mass is 9.86. The number of fused-ring (bicyclic) bond motifs is 1. The molecule has 0 radical (unpaired) electrons. The highest BCUT2D eigenvalue weighted by atomic mass is 79.9. The van der Waals surface area contributed by atoms with Crippen LogP contribution in [0.1, 0.15) is 76.3 Å². The zero-order valence-corrected chi connectivity index (χ0v) is 32.9. The van der Waals surface area contributed by atoms with Gasteiger partial charge in [-0.15, -0.1) is 0 Å². The summed E-state index contributed by atoms with van der Waals surface area (Å²) >= 11 is 6.49. The molecule has 0 aromatic heterocycles. The van der Waals surface area contributed by atoms with Gasteiger partial charge in [0.25, 0.3) is 0 Å². The Morgan fingerprint density at radius 3 is 2.08 bits per heavy atom. The van der Waals surface area contributed by atoms with E-state index in [1.165, 1.54) is 76.7 Å². The predicted octanol–water partition coefficient (Wildman–Crippen LogP) is 8.61. The normalized spacial score (nSPS) is 24.4. The van der Waals surface area contributed by atoms with Crippen molar-refractivity contribution in [1.82, 2.24) is 0 Å². The number of hydrogen-bond donors (Lipinski definition) is 3. The molecule has 48 heavy (non-hydrogen) atoms. The molecule has 8 nitrogen and oxygen atoms in total. The highest BCUT2D eigenvalue weighted by Crippen LogP contribution is 2.38. The molecule has 0 amide bonds. The van der Waals surface area contributed by atoms with E-state index in [2.05, 4.69) is 79.7 Å². The molecule has 0 bridgehead atoms. The van der Waals surface area contributed by atoms with Gasteiger partial charge in [-0.25, -0.2) is 0 Å². The third kappa shape index (κ3) is 12.4. The van der Waals surface area contributed by atoms with Crippen molar-refractivity contribution in [3.63, 3.8) is 0 Å². The number of nitrogens with zero attached hydrogens (tertiary/aromatic N) is 1. The number of aliphatic hydroxyl groups excluding tert-OH is 1. The van der Waals surface area contributed by atoms with E-state index in [9.17, 15) is 9.90 Å². The lowest BCUT2D eigenvalue weighted by Gasteiger charge is -2.38. The number of phenols is 1. The standard InChI is InChI=1S/C19H27NO3.C14H21NO.C5H10Br2O2/c1-13-4-7-16(8-5-13)20-11-15(19(21)22-3)12-23-18-9-6-14(2)10-17(18)20;1-10-3-6-12(7-4-10)15-13-9-11(2)5-8-14(13)16;1-9-5(8)4(2-6)3-7/h6,9-10,13,15-16H,4-5,7-8,11-12H2,1-3H3;5,8-10,12,15-16H,3-4,6-7H2,1-2H3;4-5,8H,2-3H2,1H3. The van der Waals surface area contributed by atoms with Gasteiger partial charge in [-0.3, -0.25) is 4.79 Å². The minimum atomic E-state index is -0.663. The Labute approximate surface area is 305 Å². The number of aryl methyl sites for hydroxylation is 2. The summed E-state index contributed by atoms with van der Waals surface area (Å²) in [6.07, 6.45) is 9.24. The third-order valence-electron chi connectivity index (χ3n) is 9.81. The topological polar surface area (TPSA) is 100 Å². The SMILES string of the molecule is COC(=O)C1COc2ccc(C)cc2N(C2CCC(C)CC2)C1.COC(O)C(CBr)CBr.Cc1ccc(O)c(NC2CCC(C)CC2)c1. The fraction of sp³-hybridized carbons (Fsp3) is 0.658. The molecular formula is C38H58Br2N2O6. The first-order valence-corrected chi connectivity index (χ1v) is 19.7. The lowest BCUT2D eigenvalue weighted by Crippen LogP contribution is -2.43. The van der Waals surface area contributed by atoms with Crippen LogP contribution in [0, 0.1) is 37.5 Å². The van der Waals surface area contributed by atoms with Crippen molar-refractivity contribution in [3.8, 4) is 11.5 Å². The van der Waals surface area contributed by atoms with Gasteiger partial charge in [-0.1, -0.05) is 57.8 Å². The van der Waals surface area contributed by atoms with Gasteiger partial charge in [0, 0.05) is 42.3 Å². The van der Waals surface area contributed by atoms with Gasteiger partial charge in [-0.2, -0.15) is 0 Å². The molecule has 1 aliphatic heterocycles. The number of benzene rings is 2. The summed E-state index contributed by atoms with van der Waals surface area (Å²) in [7, 11) is 2.94. The van der Waals surface area contributed by atoms with Gasteiger partial charge in [-0.05, 0) is 112 Å². The van der Waals surface area contributed by atoms with Crippen molar-refractivity contribution >= 4 is 49.2 Å². The van der Waals surface area contributed by atoms with Crippen molar-refractivity contribution < 1.29 is 29.2 Å². The smallest absolute Gasteiger partial charge is 0.313 e. The number of hydrogen-bond acceptors (Lipinski definition) is 8. The molecular weight excluding hydrogens is 740 g/mol. The van der Waals surface area contributed by atoms with Crippen LogP contribution in [0.3, 0.4) is 0 Å². The number of halogens is 2. The molecule has 3 aliphatic rings. The third-order valence-corrected chi connectivity index (χ3v) is 11.5. The van der Waals surface area contributed by atoms with Crippen LogP contribution in [0.15, 0.2) is 36.4 Å². The van der Waals surface area contributed by atoms with Gasteiger partial charge in [0.1, 0.15) is 24.0 Å². The van der Waals surface area contributed by atoms with Crippen molar-refractivity contribution in [2.75, 3.05) is 48.2 Å². The number of esters is 1. The fourth-order valence-electron chi connectivity index (χ4n) is 6.54. The number of carbonyl (C=O) groups excluding carboxylic acids is 1. The molecule has 0 saturated heterocycles. The molecule has 2 atom stereocenters. The first-order valence-electron chi connectivity index (χ1n) is 17.5. The molecule has 2 aromatic rings. The average molecular weight is 799 g/mol. The Kier molecular flexibility index (Phi) is 17.4. The van der Waals surface area contributed by atoms with Crippen LogP contribution in [0.2, 0.25) is 0 Å². The first-order chi connectivity index (χ1) is 23.0. The minimum Gasteiger partial charge on any atom is -0.506 e. The molecule has 2 saturated carbocycles. The zero-order chi connectivity index (χ0) is 35.2. The van der Waals surface area contributed by atoms with Crippen molar-refractivity contribution in [2.45, 2.75) is 97.4 Å². The summed E-state index contributed by atoms with van der Waals surface area (Å²) in [5, 5.41) is 23.7. The van der Waals surface area contributed by atoms with Crippen molar-refractivity contribution in [3.05, 3.63) is 47.5 Å². The van der Waals surface area contributed by atoms with Gasteiger partial charge in [0.2, 0.25) is 0 Å². The summed E-state index contributed by atoms with van der Waals surface area (Å²) < 4.78 is 15.6. The number of anilines is 2. The molecule has 2 aromatic carbocycles. The highest BCUT2D eigenvalue weighted by Gasteiger charge is 2.33. The number of ether oxygens (including phenoxy) is 3. The van der Waals surface area contributed by atoms with Crippen LogP contribution in [-0.2, 0) is 14.3 Å². The summed E-state index contributed by atoms with van der Waals surface area (Å²) in [6.45, 7) is 9.87. The maximum absolute atomic E-state index is 12.1. The molecule has 0 spiro atoms. The second-order valence-corrected chi connectivity index (χ2v) is 15.2. The molecule has 5 rings (SSSR count). The maximum atomic E-state index is 12.1. The molecule has 3 N–H and O–H groups in total. The van der Waals surface area contributed by atoms with Gasteiger partial charge < -0.3 is 34.6 Å². The molecule has 10 heteroatoms. The number of nitrogens with one attached hydrogen (secondary N) is 1. The van der Waals surface area contributed by atoms with Gasteiger partial charge >= 0.3 is 5.97 Å². The monoisotopic (exact) mass is 796 g/mol. The zero-order valence-electron chi connectivity index (χ0n) is 29.7. The Morgan fingerprint density at radius 1 is 0.938 bits per heavy atom. The van der Waals surface area contributed by atoms with E-state index in [0.717, 1.165) is 39.6 Å². The Balaban J connectivity index is 0.000000217. The Bertz CT molecular complexity index is 1250. The number of methoxy groups -OCH3 is 2. The quantitative estimate of drug-likeness (QED) is 0.106. The highest BCUT2D eigenvalue weighted by molar-refractivity contribution is 9.09. The van der Waals surface area contributed by atoms with Gasteiger partial charge in [0.15, 0.2) is 6.29 Å². The molecule has 1 heterocycles. The minimum absolute atomic E-state index is 0.134. The van der Waals surface area contributed by atoms with E-state index >= 15 is 0 Å². The Morgan fingerprint density at radius 2 is 1.52 bits per heavy atom. The van der Waals surface area contributed by atoms with Crippen LogP contribution in [0.5, 0.6) is 11.5 Å². The summed E-state index contributed by atoms with van der Waals surface area (Å²) in [5.74, 6) is 2.66. The number of alkyl halides is 2. The van der Waals surface area contributed by atoms with E-state index in [1.54, 1.807) is 6.07 Å². The van der Waals surface area contributed by atoms with Crippen molar-refractivity contribution in [1.29, 1.82) is 0 Å². The fourth-order valence-corrected chi connectivity index (χ4v) is 8.25. The second-order valence-electron chi connectivity index (χ2n) is 13.9.